The Kier molecular flexibility index (Phi) is 5.24. The molecule has 0 unspecified atom stereocenters. The molecule has 1 aliphatic carbocycles. The molecule has 5 nitrogen and oxygen atoms in total. The zero-order valence-electron chi connectivity index (χ0n) is 13.4. The number of aromatic nitrogens is 1. The number of amides is 1. The van der Waals surface area contributed by atoms with E-state index in [9.17, 15) is 14.0 Å². The van der Waals surface area contributed by atoms with Crippen molar-refractivity contribution in [2.24, 2.45) is 11.8 Å². The lowest BCUT2D eigenvalue weighted by atomic mass is 9.98. The third-order valence-electron chi connectivity index (χ3n) is 3.38. The molecular formula is C16H20ClFN2O3. The van der Waals surface area contributed by atoms with Crippen molar-refractivity contribution in [1.82, 2.24) is 4.98 Å². The molecule has 0 aliphatic heterocycles. The van der Waals surface area contributed by atoms with Crippen LogP contribution in [0, 0.1) is 17.7 Å². The molecule has 23 heavy (non-hydrogen) atoms. The van der Waals surface area contributed by atoms with Gasteiger partial charge in [0.25, 0.3) is 0 Å². The van der Waals surface area contributed by atoms with Crippen LogP contribution in [0.5, 0.6) is 0 Å². The topological polar surface area (TPSA) is 68.3 Å². The van der Waals surface area contributed by atoms with Crippen LogP contribution in [0.15, 0.2) is 12.3 Å². The summed E-state index contributed by atoms with van der Waals surface area (Å²) >= 11 is 5.63. The molecule has 2 rings (SSSR count). The van der Waals surface area contributed by atoms with E-state index in [1.54, 1.807) is 20.8 Å². The summed E-state index contributed by atoms with van der Waals surface area (Å²) in [5.41, 5.74) is -0.606. The van der Waals surface area contributed by atoms with Gasteiger partial charge in [0.1, 0.15) is 5.60 Å². The molecular weight excluding hydrogens is 323 g/mol. The number of pyridine rings is 1. The molecule has 1 amide bonds. The molecule has 0 spiro atoms. The van der Waals surface area contributed by atoms with Crippen molar-refractivity contribution in [1.29, 1.82) is 0 Å². The monoisotopic (exact) mass is 342 g/mol. The maximum atomic E-state index is 13.7. The number of hydrogen-bond donors (Lipinski definition) is 1. The second-order valence-corrected chi connectivity index (χ2v) is 7.14. The van der Waals surface area contributed by atoms with Gasteiger partial charge >= 0.3 is 5.97 Å². The summed E-state index contributed by atoms with van der Waals surface area (Å²) in [7, 11) is 0. The fourth-order valence-electron chi connectivity index (χ4n) is 2.25. The van der Waals surface area contributed by atoms with Crippen LogP contribution in [0.3, 0.4) is 0 Å². The molecule has 126 valence electrons. The number of hydrogen-bond acceptors (Lipinski definition) is 4. The first kappa shape index (κ1) is 17.7. The smallest absolute Gasteiger partial charge is 0.307 e. The number of ether oxygens (including phenoxy) is 1. The lowest BCUT2D eigenvalue weighted by Gasteiger charge is -2.22. The first-order valence-electron chi connectivity index (χ1n) is 7.49. The molecule has 1 atom stereocenters. The Morgan fingerprint density at radius 1 is 1.48 bits per heavy atom. The van der Waals surface area contributed by atoms with Crippen molar-refractivity contribution in [2.45, 2.75) is 45.6 Å². The van der Waals surface area contributed by atoms with E-state index in [1.165, 1.54) is 6.20 Å². The molecule has 0 bridgehead atoms. The number of halogens is 2. The van der Waals surface area contributed by atoms with Gasteiger partial charge in [0, 0.05) is 6.20 Å². The Hall–Kier alpha value is -1.69. The Morgan fingerprint density at radius 2 is 2.13 bits per heavy atom. The molecule has 1 aromatic heterocycles. The van der Waals surface area contributed by atoms with E-state index >= 15 is 0 Å². The van der Waals surface area contributed by atoms with Crippen molar-refractivity contribution in [3.8, 4) is 0 Å². The Balaban J connectivity index is 2.03. The van der Waals surface area contributed by atoms with Crippen LogP contribution in [0.4, 0.5) is 10.2 Å². The Bertz CT molecular complexity index is 612. The summed E-state index contributed by atoms with van der Waals surface area (Å²) < 4.78 is 19.0. The standard InChI is InChI=1S/C16H20ClFN2O3/c1-16(2,3)23-13(21)7-11(9-4-5-9)15(22)20-14-12(18)6-10(17)8-19-14/h6,8-9,11H,4-5,7H2,1-3H3,(H,19,20,22)/t11-/m0/s1. The van der Waals surface area contributed by atoms with E-state index in [-0.39, 0.29) is 23.2 Å². The molecule has 1 saturated carbocycles. The zero-order chi connectivity index (χ0) is 17.2. The van der Waals surface area contributed by atoms with Gasteiger partial charge in [-0.25, -0.2) is 9.37 Å². The van der Waals surface area contributed by atoms with E-state index in [0.717, 1.165) is 18.9 Å². The Morgan fingerprint density at radius 3 is 2.65 bits per heavy atom. The summed E-state index contributed by atoms with van der Waals surface area (Å²) in [5, 5.41) is 2.58. The number of esters is 1. The van der Waals surface area contributed by atoms with Gasteiger partial charge in [0.2, 0.25) is 5.91 Å². The van der Waals surface area contributed by atoms with Crippen LogP contribution >= 0.6 is 11.6 Å². The molecule has 1 heterocycles. The van der Waals surface area contributed by atoms with Crippen molar-refractivity contribution in [3.05, 3.63) is 23.1 Å². The molecule has 0 aromatic carbocycles. The van der Waals surface area contributed by atoms with Crippen LogP contribution in [0.1, 0.15) is 40.0 Å². The average Bonchev–Trinajstić information content (AvgIpc) is 3.21. The highest BCUT2D eigenvalue weighted by atomic mass is 35.5. The molecule has 1 aliphatic rings. The van der Waals surface area contributed by atoms with Gasteiger partial charge in [0.15, 0.2) is 11.6 Å². The van der Waals surface area contributed by atoms with E-state index in [4.69, 9.17) is 16.3 Å². The van der Waals surface area contributed by atoms with Gasteiger partial charge in [-0.1, -0.05) is 11.6 Å². The van der Waals surface area contributed by atoms with Crippen molar-refractivity contribution in [3.63, 3.8) is 0 Å². The van der Waals surface area contributed by atoms with Crippen LogP contribution in [0.2, 0.25) is 5.02 Å². The van der Waals surface area contributed by atoms with Crippen molar-refractivity contribution in [2.75, 3.05) is 5.32 Å². The van der Waals surface area contributed by atoms with Crippen molar-refractivity contribution < 1.29 is 18.7 Å². The van der Waals surface area contributed by atoms with Gasteiger partial charge in [-0.3, -0.25) is 9.59 Å². The highest BCUT2D eigenvalue weighted by Gasteiger charge is 2.38. The van der Waals surface area contributed by atoms with Crippen LogP contribution in [-0.2, 0) is 14.3 Å². The van der Waals surface area contributed by atoms with Crippen LogP contribution < -0.4 is 5.32 Å². The maximum absolute atomic E-state index is 13.7. The average molecular weight is 343 g/mol. The van der Waals surface area contributed by atoms with Gasteiger partial charge in [-0.2, -0.15) is 0 Å². The highest BCUT2D eigenvalue weighted by molar-refractivity contribution is 6.30. The fourth-order valence-corrected chi connectivity index (χ4v) is 2.40. The maximum Gasteiger partial charge on any atom is 0.307 e. The summed E-state index contributed by atoms with van der Waals surface area (Å²) in [6.07, 6.45) is 2.97. The van der Waals surface area contributed by atoms with Crippen LogP contribution in [-0.4, -0.2) is 22.5 Å². The summed E-state index contributed by atoms with van der Waals surface area (Å²) in [5.74, 6) is -2.17. The van der Waals surface area contributed by atoms with E-state index in [2.05, 4.69) is 10.3 Å². The summed E-state index contributed by atoms with van der Waals surface area (Å²) in [6, 6.07) is 1.07. The molecule has 1 aromatic rings. The predicted octanol–water partition coefficient (Wildman–Crippen LogP) is 3.57. The minimum Gasteiger partial charge on any atom is -0.460 e. The van der Waals surface area contributed by atoms with Crippen molar-refractivity contribution >= 4 is 29.3 Å². The van der Waals surface area contributed by atoms with E-state index in [1.807, 2.05) is 0 Å². The van der Waals surface area contributed by atoms with E-state index < -0.39 is 29.2 Å². The third kappa shape index (κ3) is 5.46. The molecule has 0 radical (unpaired) electrons. The van der Waals surface area contributed by atoms with Gasteiger partial charge in [0.05, 0.1) is 17.4 Å². The number of nitrogens with one attached hydrogen (secondary N) is 1. The minimum absolute atomic E-state index is 0.0248. The second-order valence-electron chi connectivity index (χ2n) is 6.71. The van der Waals surface area contributed by atoms with Gasteiger partial charge < -0.3 is 10.1 Å². The lowest BCUT2D eigenvalue weighted by molar-refractivity contribution is -0.157. The zero-order valence-corrected chi connectivity index (χ0v) is 14.1. The SMILES string of the molecule is CC(C)(C)OC(=O)C[C@H](C(=O)Nc1ncc(Cl)cc1F)C1CC1. The largest absolute Gasteiger partial charge is 0.460 e. The molecule has 7 heteroatoms. The Labute approximate surface area is 139 Å². The minimum atomic E-state index is -0.710. The van der Waals surface area contributed by atoms with E-state index in [0.29, 0.717) is 0 Å². The summed E-state index contributed by atoms with van der Waals surface area (Å²) in [4.78, 5) is 28.1. The number of anilines is 1. The number of carbonyl (C=O) groups excluding carboxylic acids is 2. The molecule has 1 N–H and O–H groups in total. The third-order valence-corrected chi connectivity index (χ3v) is 3.59. The van der Waals surface area contributed by atoms with Crippen LogP contribution in [0.25, 0.3) is 0 Å². The quantitative estimate of drug-likeness (QED) is 0.830. The lowest BCUT2D eigenvalue weighted by Crippen LogP contribution is -2.31. The van der Waals surface area contributed by atoms with Gasteiger partial charge in [-0.05, 0) is 45.6 Å². The van der Waals surface area contributed by atoms with Gasteiger partial charge in [-0.15, -0.1) is 0 Å². The normalized spacial score (nSPS) is 15.9. The second kappa shape index (κ2) is 6.83. The fraction of sp³-hybridized carbons (Fsp3) is 0.562. The number of carbonyl (C=O) groups is 2. The number of nitrogens with zero attached hydrogens (tertiary/aromatic N) is 1. The first-order valence-corrected chi connectivity index (χ1v) is 7.87. The molecule has 0 saturated heterocycles. The number of rotatable bonds is 5. The summed E-state index contributed by atoms with van der Waals surface area (Å²) in [6.45, 7) is 5.30. The predicted molar refractivity (Wildman–Crippen MR) is 84.5 cm³/mol. The first-order chi connectivity index (χ1) is 10.7. The highest BCUT2D eigenvalue weighted by Crippen LogP contribution is 2.39. The molecule has 1 fully saturated rings.